The molecule has 0 radical (unpaired) electrons. The molecule has 0 saturated carbocycles. The maximum absolute atomic E-state index is 11.5. The molecule has 0 aliphatic heterocycles. The zero-order valence-electron chi connectivity index (χ0n) is 9.80. The van der Waals surface area contributed by atoms with E-state index in [9.17, 15) is 4.79 Å². The Morgan fingerprint density at radius 2 is 2.00 bits per heavy atom. The maximum atomic E-state index is 11.5. The zero-order valence-corrected chi connectivity index (χ0v) is 12.0. The second kappa shape index (κ2) is 6.43. The third kappa shape index (κ3) is 4.44. The number of amides is 1. The molecule has 1 atom stereocenters. The number of carbonyl (C=O) groups is 1. The Morgan fingerprint density at radius 3 is 2.29 bits per heavy atom. The molecule has 0 aliphatic rings. The normalized spacial score (nSPS) is 13.0. The molecule has 0 aromatic carbocycles. The van der Waals surface area contributed by atoms with E-state index >= 15 is 0 Å². The SMILES string of the molecule is C=C(C)C([I-]C(C)C)N(C)C(=O)CC. The van der Waals surface area contributed by atoms with Crippen molar-refractivity contribution in [1.82, 2.24) is 4.90 Å². The Morgan fingerprint density at radius 1 is 1.50 bits per heavy atom. The van der Waals surface area contributed by atoms with E-state index in [4.69, 9.17) is 0 Å². The summed E-state index contributed by atoms with van der Waals surface area (Å²) >= 11 is -0.0154. The Hall–Kier alpha value is -0.0600. The molecule has 0 rings (SSSR count). The van der Waals surface area contributed by atoms with E-state index in [0.717, 1.165) is 5.57 Å². The number of hydrogen-bond acceptors (Lipinski definition) is 1. The fourth-order valence-corrected chi connectivity index (χ4v) is 3.91. The molecule has 1 amide bonds. The summed E-state index contributed by atoms with van der Waals surface area (Å²) in [6.45, 7) is 12.3. The van der Waals surface area contributed by atoms with Gasteiger partial charge in [-0.25, -0.2) is 0 Å². The first-order chi connectivity index (χ1) is 6.40. The van der Waals surface area contributed by atoms with Crippen molar-refractivity contribution in [1.29, 1.82) is 0 Å². The summed E-state index contributed by atoms with van der Waals surface area (Å²) < 4.78 is 1.00. The molecule has 84 valence electrons. The van der Waals surface area contributed by atoms with Gasteiger partial charge in [-0.05, 0) is 0 Å². The van der Waals surface area contributed by atoms with Gasteiger partial charge in [-0.3, -0.25) is 0 Å². The standard InChI is InChI=1S/C11H21INO/c1-7-10(14)13(6)11(8(2)3)12-9(4)5/h9,11H,2,7H2,1,3-6H3/q-1. The minimum absolute atomic E-state index is 0.0154. The van der Waals surface area contributed by atoms with Crippen LogP contribution in [0.1, 0.15) is 34.1 Å². The number of likely N-dealkylation sites (N-methyl/N-ethyl adjacent to an activating group) is 1. The van der Waals surface area contributed by atoms with Gasteiger partial charge >= 0.3 is 98.1 Å². The quantitative estimate of drug-likeness (QED) is 0.283. The molecule has 0 heterocycles. The van der Waals surface area contributed by atoms with Crippen LogP contribution >= 0.6 is 0 Å². The van der Waals surface area contributed by atoms with Crippen LogP contribution in [0.5, 0.6) is 0 Å². The summed E-state index contributed by atoms with van der Waals surface area (Å²) in [5, 5.41) is 0. The minimum atomic E-state index is -0.0154. The fraction of sp³-hybridized carbons (Fsp3) is 0.727. The molecule has 0 aromatic heterocycles. The van der Waals surface area contributed by atoms with Crippen molar-refractivity contribution in [3.63, 3.8) is 0 Å². The van der Waals surface area contributed by atoms with Crippen LogP contribution in [-0.4, -0.2) is 25.8 Å². The summed E-state index contributed by atoms with van der Waals surface area (Å²) in [5.74, 6) is 0.221. The predicted octanol–water partition coefficient (Wildman–Crippen LogP) is -0.746. The van der Waals surface area contributed by atoms with E-state index < -0.39 is 0 Å². The number of rotatable bonds is 5. The van der Waals surface area contributed by atoms with E-state index in [-0.39, 0.29) is 27.1 Å². The molecule has 3 heteroatoms. The van der Waals surface area contributed by atoms with Gasteiger partial charge in [-0.2, -0.15) is 0 Å². The van der Waals surface area contributed by atoms with Gasteiger partial charge in [0, 0.05) is 0 Å². The third-order valence-corrected chi connectivity index (χ3v) is 5.83. The molecule has 0 fully saturated rings. The monoisotopic (exact) mass is 310 g/mol. The van der Waals surface area contributed by atoms with E-state index in [1.807, 2.05) is 25.8 Å². The van der Waals surface area contributed by atoms with Crippen LogP contribution in [0.3, 0.4) is 0 Å². The molecule has 0 N–H and O–H groups in total. The van der Waals surface area contributed by atoms with Gasteiger partial charge in [0.05, 0.1) is 0 Å². The number of nitrogens with zero attached hydrogens (tertiary/aromatic N) is 1. The zero-order chi connectivity index (χ0) is 11.3. The summed E-state index contributed by atoms with van der Waals surface area (Å²) in [7, 11) is 1.90. The van der Waals surface area contributed by atoms with Crippen LogP contribution < -0.4 is 21.2 Å². The Bertz CT molecular complexity index is 213. The number of halogens is 1. The van der Waals surface area contributed by atoms with Gasteiger partial charge < -0.3 is 0 Å². The Balaban J connectivity index is 4.48. The number of alkyl halides is 2. The van der Waals surface area contributed by atoms with Gasteiger partial charge in [-0.15, -0.1) is 0 Å². The predicted molar refractivity (Wildman–Crippen MR) is 56.8 cm³/mol. The number of carbonyl (C=O) groups excluding carboxylic acids is 1. The Kier molecular flexibility index (Phi) is 6.40. The van der Waals surface area contributed by atoms with Gasteiger partial charge in [0.2, 0.25) is 0 Å². The Labute approximate surface area is 98.0 Å². The van der Waals surface area contributed by atoms with E-state index in [1.54, 1.807) is 0 Å². The van der Waals surface area contributed by atoms with Crippen molar-refractivity contribution >= 4 is 5.91 Å². The van der Waals surface area contributed by atoms with Crippen molar-refractivity contribution < 1.29 is 26.0 Å². The molecule has 0 saturated heterocycles. The summed E-state index contributed by atoms with van der Waals surface area (Å²) in [5.41, 5.74) is 1.12. The van der Waals surface area contributed by atoms with Gasteiger partial charge in [0.15, 0.2) is 0 Å². The van der Waals surface area contributed by atoms with Crippen molar-refractivity contribution in [3.8, 4) is 0 Å². The average Bonchev–Trinajstić information content (AvgIpc) is 2.11. The second-order valence-electron chi connectivity index (χ2n) is 3.68. The topological polar surface area (TPSA) is 20.3 Å². The summed E-state index contributed by atoms with van der Waals surface area (Å²) in [6.07, 6.45) is 0.585. The molecule has 1 unspecified atom stereocenters. The molecule has 0 aliphatic carbocycles. The van der Waals surface area contributed by atoms with Gasteiger partial charge in [-0.1, -0.05) is 0 Å². The second-order valence-corrected chi connectivity index (χ2v) is 8.07. The first kappa shape index (κ1) is 13.9. The van der Waals surface area contributed by atoms with E-state index in [0.29, 0.717) is 14.4 Å². The van der Waals surface area contributed by atoms with Crippen LogP contribution in [-0.2, 0) is 4.79 Å². The molecular formula is C11H21INO-. The van der Waals surface area contributed by atoms with Crippen LogP contribution in [0.2, 0.25) is 0 Å². The van der Waals surface area contributed by atoms with Crippen molar-refractivity contribution in [2.24, 2.45) is 0 Å². The van der Waals surface area contributed by atoms with Crippen LogP contribution in [0.15, 0.2) is 12.2 Å². The molecule has 2 nitrogen and oxygen atoms in total. The first-order valence-electron chi connectivity index (χ1n) is 4.93. The summed E-state index contributed by atoms with van der Waals surface area (Å²) in [4.78, 5) is 13.4. The first-order valence-corrected chi connectivity index (χ1v) is 7.42. The molecule has 14 heavy (non-hydrogen) atoms. The molecule has 0 bridgehead atoms. The van der Waals surface area contributed by atoms with Gasteiger partial charge in [0.1, 0.15) is 0 Å². The van der Waals surface area contributed by atoms with E-state index in [1.165, 1.54) is 0 Å². The number of hydrogen-bond donors (Lipinski definition) is 0. The van der Waals surface area contributed by atoms with Crippen LogP contribution in [0, 0.1) is 0 Å². The van der Waals surface area contributed by atoms with Crippen LogP contribution in [0.25, 0.3) is 0 Å². The van der Waals surface area contributed by atoms with Gasteiger partial charge in [0.25, 0.3) is 0 Å². The molecular weight excluding hydrogens is 289 g/mol. The fourth-order valence-electron chi connectivity index (χ4n) is 1.14. The van der Waals surface area contributed by atoms with Crippen molar-refractivity contribution in [2.45, 2.75) is 42.1 Å². The van der Waals surface area contributed by atoms with Crippen LogP contribution in [0.4, 0.5) is 0 Å². The third-order valence-electron chi connectivity index (χ3n) is 1.81. The molecule has 0 spiro atoms. The molecule has 0 aromatic rings. The van der Waals surface area contributed by atoms with Crippen molar-refractivity contribution in [3.05, 3.63) is 12.2 Å². The summed E-state index contributed by atoms with van der Waals surface area (Å²) in [6, 6.07) is 0. The average molecular weight is 310 g/mol. The van der Waals surface area contributed by atoms with E-state index in [2.05, 4.69) is 20.4 Å². The van der Waals surface area contributed by atoms with Crippen molar-refractivity contribution in [2.75, 3.05) is 7.05 Å².